The van der Waals surface area contributed by atoms with Gasteiger partial charge in [0.05, 0.1) is 0 Å². The van der Waals surface area contributed by atoms with Crippen LogP contribution < -0.4 is 5.32 Å². The van der Waals surface area contributed by atoms with E-state index in [0.29, 0.717) is 12.1 Å². The molecule has 0 saturated carbocycles. The van der Waals surface area contributed by atoms with Crippen molar-refractivity contribution in [3.63, 3.8) is 0 Å². The van der Waals surface area contributed by atoms with Gasteiger partial charge in [-0.05, 0) is 19.0 Å². The fourth-order valence-electron chi connectivity index (χ4n) is 2.06. The number of amides is 1. The lowest BCUT2D eigenvalue weighted by Crippen LogP contribution is -2.41. The van der Waals surface area contributed by atoms with Crippen molar-refractivity contribution >= 4 is 5.91 Å². The Bertz CT molecular complexity index is 434. The van der Waals surface area contributed by atoms with Crippen molar-refractivity contribution in [2.75, 3.05) is 13.1 Å². The van der Waals surface area contributed by atoms with Gasteiger partial charge in [0.25, 0.3) is 0 Å². The predicted molar refractivity (Wildman–Crippen MR) is 75.7 cm³/mol. The average molecular weight is 302 g/mol. The van der Waals surface area contributed by atoms with Crippen LogP contribution in [0.5, 0.6) is 0 Å². The molecule has 0 bridgehead atoms. The molecule has 0 saturated heterocycles. The third-order valence-corrected chi connectivity index (χ3v) is 2.97. The summed E-state index contributed by atoms with van der Waals surface area (Å²) in [6, 6.07) is 8.55. The van der Waals surface area contributed by atoms with Crippen LogP contribution in [0.3, 0.4) is 0 Å². The van der Waals surface area contributed by atoms with E-state index in [2.05, 4.69) is 5.32 Å². The molecule has 1 aromatic carbocycles. The molecule has 118 valence electrons. The number of alkyl halides is 3. The maximum absolute atomic E-state index is 12.6. The summed E-state index contributed by atoms with van der Waals surface area (Å²) in [6.45, 7) is 3.10. The normalized spacial score (nSPS) is 13.0. The van der Waals surface area contributed by atoms with Gasteiger partial charge in [0.2, 0.25) is 5.91 Å². The van der Waals surface area contributed by atoms with Crippen LogP contribution in [0.1, 0.15) is 25.8 Å². The number of carbonyl (C=O) groups is 1. The largest absolute Gasteiger partial charge is 0.406 e. The fraction of sp³-hybridized carbons (Fsp3) is 0.533. The number of carbonyl (C=O) groups excluding carboxylic acids is 1. The zero-order valence-corrected chi connectivity index (χ0v) is 12.3. The molecule has 0 fully saturated rings. The first-order valence-corrected chi connectivity index (χ1v) is 6.93. The maximum atomic E-state index is 12.6. The van der Waals surface area contributed by atoms with E-state index in [1.165, 1.54) is 0 Å². The van der Waals surface area contributed by atoms with Gasteiger partial charge in [-0.1, -0.05) is 37.3 Å². The molecule has 0 aliphatic carbocycles. The number of hydrogen-bond donors (Lipinski definition) is 1. The zero-order chi connectivity index (χ0) is 15.9. The van der Waals surface area contributed by atoms with Crippen molar-refractivity contribution in [3.8, 4) is 0 Å². The summed E-state index contributed by atoms with van der Waals surface area (Å²) in [5.41, 5.74) is 0.686. The first-order chi connectivity index (χ1) is 9.81. The summed E-state index contributed by atoms with van der Waals surface area (Å²) >= 11 is 0. The zero-order valence-electron chi connectivity index (χ0n) is 12.3. The van der Waals surface area contributed by atoms with Crippen LogP contribution in [0.2, 0.25) is 0 Å². The fourth-order valence-corrected chi connectivity index (χ4v) is 2.06. The van der Waals surface area contributed by atoms with Crippen LogP contribution in [0, 0.1) is 0 Å². The van der Waals surface area contributed by atoms with Gasteiger partial charge in [0.15, 0.2) is 0 Å². The summed E-state index contributed by atoms with van der Waals surface area (Å²) in [6.07, 6.45) is -4.34. The standard InChI is InChI=1S/C15H21F3N2O/c1-3-19-12(2)9-14(21)20(11-15(16,17)18)10-13-7-5-4-6-8-13/h4-8,12,19H,3,9-11H2,1-2H3. The molecule has 1 N–H and O–H groups in total. The lowest BCUT2D eigenvalue weighted by atomic mass is 10.1. The van der Waals surface area contributed by atoms with Gasteiger partial charge in [-0.2, -0.15) is 13.2 Å². The number of nitrogens with one attached hydrogen (secondary N) is 1. The molecular formula is C15H21F3N2O. The lowest BCUT2D eigenvalue weighted by Gasteiger charge is -2.25. The maximum Gasteiger partial charge on any atom is 0.406 e. The third-order valence-electron chi connectivity index (χ3n) is 2.97. The monoisotopic (exact) mass is 302 g/mol. The van der Waals surface area contributed by atoms with Crippen molar-refractivity contribution < 1.29 is 18.0 Å². The van der Waals surface area contributed by atoms with E-state index in [0.717, 1.165) is 4.90 Å². The van der Waals surface area contributed by atoms with Crippen molar-refractivity contribution in [1.82, 2.24) is 10.2 Å². The highest BCUT2D eigenvalue weighted by Gasteiger charge is 2.33. The van der Waals surface area contributed by atoms with E-state index in [-0.39, 0.29) is 19.0 Å². The lowest BCUT2D eigenvalue weighted by molar-refractivity contribution is -0.162. The van der Waals surface area contributed by atoms with E-state index in [4.69, 9.17) is 0 Å². The van der Waals surface area contributed by atoms with Crippen LogP contribution >= 0.6 is 0 Å². The van der Waals surface area contributed by atoms with E-state index in [9.17, 15) is 18.0 Å². The molecule has 0 aliphatic heterocycles. The van der Waals surface area contributed by atoms with Gasteiger partial charge in [-0.15, -0.1) is 0 Å². The van der Waals surface area contributed by atoms with Crippen molar-refractivity contribution in [2.24, 2.45) is 0 Å². The van der Waals surface area contributed by atoms with Crippen LogP contribution in [-0.4, -0.2) is 36.1 Å². The molecule has 0 radical (unpaired) electrons. The second-order valence-corrected chi connectivity index (χ2v) is 5.01. The molecule has 0 aliphatic rings. The first-order valence-electron chi connectivity index (χ1n) is 6.93. The Labute approximate surface area is 123 Å². The molecule has 1 aromatic rings. The third kappa shape index (κ3) is 7.13. The van der Waals surface area contributed by atoms with Crippen LogP contribution in [0.15, 0.2) is 30.3 Å². The number of benzene rings is 1. The highest BCUT2D eigenvalue weighted by Crippen LogP contribution is 2.19. The van der Waals surface area contributed by atoms with Gasteiger partial charge in [0.1, 0.15) is 6.54 Å². The molecule has 1 unspecified atom stereocenters. The Balaban J connectivity index is 2.74. The highest BCUT2D eigenvalue weighted by atomic mass is 19.4. The van der Waals surface area contributed by atoms with E-state index >= 15 is 0 Å². The number of nitrogens with zero attached hydrogens (tertiary/aromatic N) is 1. The molecule has 1 amide bonds. The topological polar surface area (TPSA) is 32.3 Å². The Morgan fingerprint density at radius 2 is 1.90 bits per heavy atom. The quantitative estimate of drug-likeness (QED) is 0.840. The predicted octanol–water partition coefficient (Wildman–Crippen LogP) is 2.97. The van der Waals surface area contributed by atoms with E-state index < -0.39 is 18.6 Å². The van der Waals surface area contributed by atoms with Gasteiger partial charge in [-0.25, -0.2) is 0 Å². The summed E-state index contributed by atoms with van der Waals surface area (Å²) in [5.74, 6) is -0.496. The van der Waals surface area contributed by atoms with Gasteiger partial charge < -0.3 is 10.2 Å². The molecule has 1 rings (SSSR count). The Morgan fingerprint density at radius 3 is 2.43 bits per heavy atom. The summed E-state index contributed by atoms with van der Waals surface area (Å²) in [7, 11) is 0. The molecule has 1 atom stereocenters. The molecule has 21 heavy (non-hydrogen) atoms. The second-order valence-electron chi connectivity index (χ2n) is 5.01. The first kappa shape index (κ1) is 17.5. The molecule has 6 heteroatoms. The number of hydrogen-bond acceptors (Lipinski definition) is 2. The summed E-state index contributed by atoms with van der Waals surface area (Å²) in [4.78, 5) is 13.0. The summed E-state index contributed by atoms with van der Waals surface area (Å²) < 4.78 is 37.9. The highest BCUT2D eigenvalue weighted by molar-refractivity contribution is 5.76. The van der Waals surface area contributed by atoms with Crippen molar-refractivity contribution in [3.05, 3.63) is 35.9 Å². The number of rotatable bonds is 7. The molecule has 0 heterocycles. The van der Waals surface area contributed by atoms with E-state index in [1.807, 2.05) is 6.92 Å². The Kier molecular flexibility index (Phi) is 6.68. The summed E-state index contributed by atoms with van der Waals surface area (Å²) in [5, 5.41) is 3.03. The minimum Gasteiger partial charge on any atom is -0.329 e. The van der Waals surface area contributed by atoms with Crippen LogP contribution in [0.4, 0.5) is 13.2 Å². The smallest absolute Gasteiger partial charge is 0.329 e. The molecule has 0 spiro atoms. The number of halogens is 3. The second kappa shape index (κ2) is 8.02. The minimum absolute atomic E-state index is 0.0297. The molecule has 0 aromatic heterocycles. The minimum atomic E-state index is -4.40. The van der Waals surface area contributed by atoms with E-state index in [1.54, 1.807) is 37.3 Å². The molecular weight excluding hydrogens is 281 g/mol. The van der Waals surface area contributed by atoms with Crippen LogP contribution in [0.25, 0.3) is 0 Å². The Hall–Kier alpha value is -1.56. The van der Waals surface area contributed by atoms with Gasteiger partial charge >= 0.3 is 6.18 Å². The van der Waals surface area contributed by atoms with Gasteiger partial charge in [0, 0.05) is 19.0 Å². The SMILES string of the molecule is CCNC(C)CC(=O)N(Cc1ccccc1)CC(F)(F)F. The molecule has 3 nitrogen and oxygen atoms in total. The Morgan fingerprint density at radius 1 is 1.29 bits per heavy atom. The van der Waals surface area contributed by atoms with Gasteiger partial charge in [-0.3, -0.25) is 4.79 Å². The van der Waals surface area contributed by atoms with Crippen LogP contribution in [-0.2, 0) is 11.3 Å². The average Bonchev–Trinajstić information content (AvgIpc) is 2.37. The van der Waals surface area contributed by atoms with Crippen molar-refractivity contribution in [1.29, 1.82) is 0 Å². The van der Waals surface area contributed by atoms with Crippen molar-refractivity contribution in [2.45, 2.75) is 39.0 Å².